The van der Waals surface area contributed by atoms with Gasteiger partial charge in [0.2, 0.25) is 0 Å². The van der Waals surface area contributed by atoms with E-state index in [4.69, 9.17) is 0 Å². The molecule has 2 aromatic rings. The van der Waals surface area contributed by atoms with Gasteiger partial charge in [0.05, 0.1) is 17.3 Å². The Hall–Kier alpha value is -2.35. The van der Waals surface area contributed by atoms with E-state index in [9.17, 15) is 18.0 Å². The Bertz CT molecular complexity index is 772. The first kappa shape index (κ1) is 18.4. The second kappa shape index (κ2) is 7.49. The van der Waals surface area contributed by atoms with Crippen LogP contribution in [0.15, 0.2) is 36.7 Å². The van der Waals surface area contributed by atoms with E-state index >= 15 is 0 Å². The number of hydrogen-bond donors (Lipinski definition) is 1. The van der Waals surface area contributed by atoms with Gasteiger partial charge in [-0.05, 0) is 31.0 Å². The number of piperidine rings is 1. The van der Waals surface area contributed by atoms with Crippen molar-refractivity contribution in [2.45, 2.75) is 31.6 Å². The van der Waals surface area contributed by atoms with Crippen LogP contribution in [-0.2, 0) is 19.8 Å². The van der Waals surface area contributed by atoms with Gasteiger partial charge in [-0.1, -0.05) is 18.2 Å². The van der Waals surface area contributed by atoms with Crippen molar-refractivity contribution in [3.63, 3.8) is 0 Å². The minimum absolute atomic E-state index is 0.0884. The number of benzene rings is 1. The molecule has 0 saturated carbocycles. The molecule has 1 atom stereocenters. The van der Waals surface area contributed by atoms with Gasteiger partial charge in [-0.15, -0.1) is 0 Å². The first-order valence-electron chi connectivity index (χ1n) is 8.50. The quantitative estimate of drug-likeness (QED) is 0.905. The molecule has 0 spiro atoms. The highest BCUT2D eigenvalue weighted by atomic mass is 19.4. The molecule has 2 heterocycles. The molecule has 1 amide bonds. The maximum absolute atomic E-state index is 13.2. The molecule has 5 nitrogen and oxygen atoms in total. The number of carbonyl (C=O) groups is 1. The maximum Gasteiger partial charge on any atom is 0.416 e. The van der Waals surface area contributed by atoms with Crippen LogP contribution in [0.1, 0.15) is 34.3 Å². The Labute approximate surface area is 149 Å². The second-order valence-electron chi connectivity index (χ2n) is 6.61. The number of nitrogens with zero attached hydrogens (tertiary/aromatic N) is 3. The summed E-state index contributed by atoms with van der Waals surface area (Å²) in [6.45, 7) is 1.46. The summed E-state index contributed by atoms with van der Waals surface area (Å²) < 4.78 is 41.0. The van der Waals surface area contributed by atoms with E-state index in [2.05, 4.69) is 10.4 Å². The van der Waals surface area contributed by atoms with Crippen LogP contribution in [0.3, 0.4) is 0 Å². The number of nitrogens with one attached hydrogen (secondary N) is 1. The lowest BCUT2D eigenvalue weighted by Gasteiger charge is -2.33. The summed E-state index contributed by atoms with van der Waals surface area (Å²) in [6.07, 6.45) is 0.404. The molecule has 1 fully saturated rings. The molecule has 1 N–H and O–H groups in total. The minimum Gasteiger partial charge on any atom is -0.348 e. The topological polar surface area (TPSA) is 50.2 Å². The summed E-state index contributed by atoms with van der Waals surface area (Å²) in [5, 5.41) is 6.93. The molecule has 140 valence electrons. The normalized spacial score (nSPS) is 18.7. The van der Waals surface area contributed by atoms with Crippen molar-refractivity contribution in [3.8, 4) is 0 Å². The third-order valence-electron chi connectivity index (χ3n) is 4.52. The van der Waals surface area contributed by atoms with Crippen LogP contribution < -0.4 is 5.32 Å². The average Bonchev–Trinajstić information content (AvgIpc) is 3.01. The fourth-order valence-corrected chi connectivity index (χ4v) is 3.30. The van der Waals surface area contributed by atoms with Crippen LogP contribution in [0.25, 0.3) is 0 Å². The highest BCUT2D eigenvalue weighted by Gasteiger charge is 2.33. The summed E-state index contributed by atoms with van der Waals surface area (Å²) in [5.74, 6) is -0.208. The van der Waals surface area contributed by atoms with E-state index < -0.39 is 11.7 Å². The van der Waals surface area contributed by atoms with E-state index in [0.717, 1.165) is 18.9 Å². The molecular weight excluding hydrogens is 345 g/mol. The number of alkyl halides is 3. The highest BCUT2D eigenvalue weighted by Crippen LogP contribution is 2.32. The van der Waals surface area contributed by atoms with E-state index in [-0.39, 0.29) is 24.1 Å². The highest BCUT2D eigenvalue weighted by molar-refractivity contribution is 5.93. The second-order valence-corrected chi connectivity index (χ2v) is 6.61. The lowest BCUT2D eigenvalue weighted by Crippen LogP contribution is -2.47. The minimum atomic E-state index is -4.36. The molecule has 1 aromatic heterocycles. The predicted octanol–water partition coefficient (Wildman–Crippen LogP) is 2.83. The van der Waals surface area contributed by atoms with E-state index in [0.29, 0.717) is 18.7 Å². The summed E-state index contributed by atoms with van der Waals surface area (Å²) in [4.78, 5) is 14.2. The monoisotopic (exact) mass is 366 g/mol. The van der Waals surface area contributed by atoms with Crippen LogP contribution in [0.5, 0.6) is 0 Å². The molecule has 1 unspecified atom stereocenters. The summed E-state index contributed by atoms with van der Waals surface area (Å²) in [6, 6.07) is 5.56. The molecule has 8 heteroatoms. The summed E-state index contributed by atoms with van der Waals surface area (Å²) in [7, 11) is 1.73. The summed E-state index contributed by atoms with van der Waals surface area (Å²) >= 11 is 0. The van der Waals surface area contributed by atoms with Gasteiger partial charge in [-0.25, -0.2) is 0 Å². The van der Waals surface area contributed by atoms with Crippen LogP contribution >= 0.6 is 0 Å². The molecule has 3 rings (SSSR count). The predicted molar refractivity (Wildman–Crippen MR) is 90.4 cm³/mol. The summed E-state index contributed by atoms with van der Waals surface area (Å²) in [5.41, 5.74) is 0.146. The zero-order chi connectivity index (χ0) is 18.7. The van der Waals surface area contributed by atoms with Crippen molar-refractivity contribution in [1.82, 2.24) is 20.0 Å². The van der Waals surface area contributed by atoms with E-state index in [1.54, 1.807) is 24.0 Å². The van der Waals surface area contributed by atoms with Crippen LogP contribution in [-0.4, -0.2) is 39.7 Å². The van der Waals surface area contributed by atoms with Crippen LogP contribution in [0.4, 0.5) is 13.2 Å². The molecule has 1 aromatic carbocycles. The molecule has 1 saturated heterocycles. The number of aryl methyl sites for hydroxylation is 1. The van der Waals surface area contributed by atoms with Crippen molar-refractivity contribution in [3.05, 3.63) is 53.3 Å². The third kappa shape index (κ3) is 4.43. The molecule has 1 aliphatic rings. The van der Waals surface area contributed by atoms with Crippen molar-refractivity contribution in [1.29, 1.82) is 0 Å². The van der Waals surface area contributed by atoms with Gasteiger partial charge < -0.3 is 5.32 Å². The molecule has 0 bridgehead atoms. The fraction of sp³-hybridized carbons (Fsp3) is 0.444. The number of carbonyl (C=O) groups excluding carboxylic acids is 1. The Morgan fingerprint density at radius 1 is 1.35 bits per heavy atom. The van der Waals surface area contributed by atoms with Gasteiger partial charge in [0, 0.05) is 32.4 Å². The van der Waals surface area contributed by atoms with Gasteiger partial charge in [0.1, 0.15) is 0 Å². The van der Waals surface area contributed by atoms with Crippen LogP contribution in [0, 0.1) is 0 Å². The van der Waals surface area contributed by atoms with Crippen LogP contribution in [0.2, 0.25) is 0 Å². The molecular formula is C18H21F3N4O. The Morgan fingerprint density at radius 2 is 2.12 bits per heavy atom. The van der Waals surface area contributed by atoms with Crippen molar-refractivity contribution in [2.24, 2.45) is 7.05 Å². The lowest BCUT2D eigenvalue weighted by atomic mass is 10.0. The van der Waals surface area contributed by atoms with Crippen molar-refractivity contribution in [2.75, 3.05) is 13.1 Å². The number of amides is 1. The molecule has 26 heavy (non-hydrogen) atoms. The van der Waals surface area contributed by atoms with Crippen molar-refractivity contribution >= 4 is 5.91 Å². The van der Waals surface area contributed by atoms with Crippen molar-refractivity contribution < 1.29 is 18.0 Å². The average molecular weight is 366 g/mol. The van der Waals surface area contributed by atoms with Gasteiger partial charge in [0.15, 0.2) is 0 Å². The standard InChI is InChI=1S/C18H21F3N4O/c1-24-10-14(9-22-24)17(26)23-15-6-4-8-25(12-15)11-13-5-2-3-7-16(13)18(19,20)21/h2-3,5,7,9-10,15H,4,6,8,11-12H2,1H3,(H,23,26). The van der Waals surface area contributed by atoms with Gasteiger partial charge in [-0.3, -0.25) is 14.4 Å². The number of aromatic nitrogens is 2. The smallest absolute Gasteiger partial charge is 0.348 e. The molecule has 0 radical (unpaired) electrons. The Balaban J connectivity index is 1.63. The zero-order valence-electron chi connectivity index (χ0n) is 14.5. The van der Waals surface area contributed by atoms with Gasteiger partial charge in [0.25, 0.3) is 5.91 Å². The zero-order valence-corrected chi connectivity index (χ0v) is 14.5. The number of halogens is 3. The lowest BCUT2D eigenvalue weighted by molar-refractivity contribution is -0.138. The molecule has 0 aliphatic carbocycles. The van der Waals surface area contributed by atoms with Gasteiger partial charge in [-0.2, -0.15) is 18.3 Å². The third-order valence-corrected chi connectivity index (χ3v) is 4.52. The number of hydrogen-bond acceptors (Lipinski definition) is 3. The molecule has 1 aliphatic heterocycles. The Kier molecular flexibility index (Phi) is 5.31. The van der Waals surface area contributed by atoms with E-state index in [1.807, 2.05) is 4.90 Å². The first-order chi connectivity index (χ1) is 12.3. The largest absolute Gasteiger partial charge is 0.416 e. The SMILES string of the molecule is Cn1cc(C(=O)NC2CCCN(Cc3ccccc3C(F)(F)F)C2)cn1. The Morgan fingerprint density at radius 3 is 2.81 bits per heavy atom. The fourth-order valence-electron chi connectivity index (χ4n) is 3.30. The number of likely N-dealkylation sites (tertiary alicyclic amines) is 1. The first-order valence-corrected chi connectivity index (χ1v) is 8.50. The van der Waals surface area contributed by atoms with Gasteiger partial charge >= 0.3 is 6.18 Å². The van der Waals surface area contributed by atoms with E-state index in [1.165, 1.54) is 18.3 Å². The number of rotatable bonds is 4. The maximum atomic E-state index is 13.2.